The predicted octanol–water partition coefficient (Wildman–Crippen LogP) is 4.81. The van der Waals surface area contributed by atoms with Crippen LogP contribution in [0.1, 0.15) is 13.3 Å². The van der Waals surface area contributed by atoms with Crippen LogP contribution in [0.25, 0.3) is 21.5 Å². The topological polar surface area (TPSA) is 12.0 Å². The molecule has 0 bridgehead atoms. The Morgan fingerprint density at radius 2 is 1.39 bits per heavy atom. The lowest BCUT2D eigenvalue weighted by Crippen LogP contribution is -2.01. The Bertz CT molecular complexity index is 631. The summed E-state index contributed by atoms with van der Waals surface area (Å²) in [6.07, 6.45) is 1.14. The molecule has 0 aliphatic carbocycles. The van der Waals surface area contributed by atoms with Crippen LogP contribution in [-0.2, 0) is 0 Å². The van der Waals surface area contributed by atoms with Crippen LogP contribution in [0.4, 0.5) is 5.69 Å². The van der Waals surface area contributed by atoms with Crippen molar-refractivity contribution in [3.05, 3.63) is 54.6 Å². The van der Waals surface area contributed by atoms with Crippen molar-refractivity contribution >= 4 is 27.2 Å². The van der Waals surface area contributed by atoms with Crippen molar-refractivity contribution in [3.8, 4) is 0 Å². The lowest BCUT2D eigenvalue weighted by Gasteiger charge is -2.13. The molecule has 0 spiro atoms. The van der Waals surface area contributed by atoms with Crippen LogP contribution in [0, 0.1) is 0 Å². The number of benzene rings is 3. The molecule has 0 aromatic heterocycles. The van der Waals surface area contributed by atoms with Gasteiger partial charge in [0.2, 0.25) is 0 Å². The third kappa shape index (κ3) is 1.82. The normalized spacial score (nSPS) is 10.9. The summed E-state index contributed by atoms with van der Waals surface area (Å²) in [5.41, 5.74) is 1.27. The molecular formula is C17H17N. The monoisotopic (exact) mass is 235 g/mol. The first-order chi connectivity index (χ1) is 8.90. The van der Waals surface area contributed by atoms with Crippen LogP contribution in [0.2, 0.25) is 0 Å². The Labute approximate surface area is 107 Å². The molecule has 3 aromatic rings. The van der Waals surface area contributed by atoms with E-state index in [1.54, 1.807) is 0 Å². The van der Waals surface area contributed by atoms with Crippen LogP contribution in [0.3, 0.4) is 0 Å². The Hall–Kier alpha value is -2.02. The largest absolute Gasteiger partial charge is 0.384 e. The lowest BCUT2D eigenvalue weighted by molar-refractivity contribution is 0.983. The molecular weight excluding hydrogens is 218 g/mol. The van der Waals surface area contributed by atoms with Gasteiger partial charge >= 0.3 is 0 Å². The van der Waals surface area contributed by atoms with E-state index in [2.05, 4.69) is 66.8 Å². The van der Waals surface area contributed by atoms with E-state index in [0.717, 1.165) is 13.0 Å². The molecule has 0 unspecified atom stereocenters. The molecule has 1 nitrogen and oxygen atoms in total. The zero-order valence-electron chi connectivity index (χ0n) is 10.6. The third-order valence-corrected chi connectivity index (χ3v) is 3.32. The van der Waals surface area contributed by atoms with E-state index < -0.39 is 0 Å². The number of nitrogens with one attached hydrogen (secondary N) is 1. The quantitative estimate of drug-likeness (QED) is 0.642. The summed E-state index contributed by atoms with van der Waals surface area (Å²) in [6, 6.07) is 19.4. The fourth-order valence-electron chi connectivity index (χ4n) is 2.45. The van der Waals surface area contributed by atoms with Crippen molar-refractivity contribution in [1.82, 2.24) is 0 Å². The van der Waals surface area contributed by atoms with Crippen molar-refractivity contribution in [3.63, 3.8) is 0 Å². The van der Waals surface area contributed by atoms with E-state index in [1.807, 2.05) is 0 Å². The van der Waals surface area contributed by atoms with E-state index in [4.69, 9.17) is 0 Å². The van der Waals surface area contributed by atoms with Crippen molar-refractivity contribution in [2.45, 2.75) is 13.3 Å². The molecule has 0 saturated carbocycles. The van der Waals surface area contributed by atoms with Gasteiger partial charge in [-0.3, -0.25) is 0 Å². The Kier molecular flexibility index (Phi) is 2.89. The molecule has 90 valence electrons. The van der Waals surface area contributed by atoms with E-state index >= 15 is 0 Å². The fraction of sp³-hybridized carbons (Fsp3) is 0.176. The van der Waals surface area contributed by atoms with Crippen molar-refractivity contribution in [2.24, 2.45) is 0 Å². The van der Waals surface area contributed by atoms with Gasteiger partial charge in [0, 0.05) is 23.0 Å². The van der Waals surface area contributed by atoms with Gasteiger partial charge in [-0.15, -0.1) is 0 Å². The Morgan fingerprint density at radius 3 is 1.94 bits per heavy atom. The summed E-state index contributed by atoms with van der Waals surface area (Å²) in [7, 11) is 0. The van der Waals surface area contributed by atoms with Crippen LogP contribution in [-0.4, -0.2) is 6.54 Å². The first-order valence-corrected chi connectivity index (χ1v) is 6.54. The molecule has 1 N–H and O–H groups in total. The van der Waals surface area contributed by atoms with Gasteiger partial charge in [0.15, 0.2) is 0 Å². The van der Waals surface area contributed by atoms with Crippen molar-refractivity contribution < 1.29 is 0 Å². The van der Waals surface area contributed by atoms with Crippen molar-refractivity contribution in [2.75, 3.05) is 11.9 Å². The van der Waals surface area contributed by atoms with Gasteiger partial charge in [-0.2, -0.15) is 0 Å². The van der Waals surface area contributed by atoms with Crippen LogP contribution >= 0.6 is 0 Å². The number of hydrogen-bond acceptors (Lipinski definition) is 1. The summed E-state index contributed by atoms with van der Waals surface area (Å²) >= 11 is 0. The molecule has 0 atom stereocenters. The molecule has 1 heteroatoms. The molecule has 0 amide bonds. The second kappa shape index (κ2) is 4.69. The number of rotatable bonds is 3. The highest BCUT2D eigenvalue weighted by Crippen LogP contribution is 2.32. The molecule has 0 fully saturated rings. The number of fused-ring (bicyclic) bond motifs is 2. The van der Waals surface area contributed by atoms with E-state index in [1.165, 1.54) is 27.2 Å². The summed E-state index contributed by atoms with van der Waals surface area (Å²) < 4.78 is 0. The first kappa shape index (κ1) is 11.1. The molecule has 0 saturated heterocycles. The molecule has 0 aliphatic rings. The second-order valence-electron chi connectivity index (χ2n) is 4.62. The highest BCUT2D eigenvalue weighted by atomic mass is 14.9. The summed E-state index contributed by atoms with van der Waals surface area (Å²) in [6.45, 7) is 3.21. The molecule has 0 aliphatic heterocycles. The number of anilines is 1. The molecule has 0 radical (unpaired) electrons. The van der Waals surface area contributed by atoms with E-state index in [9.17, 15) is 0 Å². The maximum absolute atomic E-state index is 3.58. The van der Waals surface area contributed by atoms with Gasteiger partial charge < -0.3 is 5.32 Å². The SMILES string of the molecule is CCCNc1c2ccccc2cc2ccccc12. The zero-order valence-corrected chi connectivity index (χ0v) is 10.6. The van der Waals surface area contributed by atoms with Crippen LogP contribution < -0.4 is 5.32 Å². The highest BCUT2D eigenvalue weighted by Gasteiger charge is 2.05. The minimum absolute atomic E-state index is 1.01. The predicted molar refractivity (Wildman–Crippen MR) is 80.2 cm³/mol. The van der Waals surface area contributed by atoms with Gasteiger partial charge in [-0.05, 0) is 23.3 Å². The summed E-state index contributed by atoms with van der Waals surface area (Å²) in [5, 5.41) is 8.80. The summed E-state index contributed by atoms with van der Waals surface area (Å²) in [4.78, 5) is 0. The molecule has 0 heterocycles. The minimum Gasteiger partial charge on any atom is -0.384 e. The maximum atomic E-state index is 3.58. The highest BCUT2D eigenvalue weighted by molar-refractivity contribution is 6.10. The van der Waals surface area contributed by atoms with E-state index in [0.29, 0.717) is 0 Å². The van der Waals surface area contributed by atoms with Gasteiger partial charge in [-0.1, -0.05) is 55.5 Å². The van der Waals surface area contributed by atoms with Gasteiger partial charge in [0.25, 0.3) is 0 Å². The zero-order chi connectivity index (χ0) is 12.4. The summed E-state index contributed by atoms with van der Waals surface area (Å²) in [5.74, 6) is 0. The van der Waals surface area contributed by atoms with Crippen molar-refractivity contribution in [1.29, 1.82) is 0 Å². The fourth-order valence-corrected chi connectivity index (χ4v) is 2.45. The second-order valence-corrected chi connectivity index (χ2v) is 4.62. The first-order valence-electron chi connectivity index (χ1n) is 6.54. The smallest absolute Gasteiger partial charge is 0.0499 e. The Morgan fingerprint density at radius 1 is 0.833 bits per heavy atom. The van der Waals surface area contributed by atoms with Gasteiger partial charge in [-0.25, -0.2) is 0 Å². The minimum atomic E-state index is 1.01. The van der Waals surface area contributed by atoms with Gasteiger partial charge in [0.1, 0.15) is 0 Å². The standard InChI is InChI=1S/C17H17N/c1-2-11-18-17-15-9-5-3-7-13(15)12-14-8-4-6-10-16(14)17/h3-10,12,18H,2,11H2,1H3. The molecule has 18 heavy (non-hydrogen) atoms. The van der Waals surface area contributed by atoms with E-state index in [-0.39, 0.29) is 0 Å². The molecule has 3 aromatic carbocycles. The Balaban J connectivity index is 2.34. The lowest BCUT2D eigenvalue weighted by atomic mass is 10.0. The van der Waals surface area contributed by atoms with Crippen LogP contribution in [0.5, 0.6) is 0 Å². The average molecular weight is 235 g/mol. The average Bonchev–Trinajstić information content (AvgIpc) is 2.43. The number of hydrogen-bond donors (Lipinski definition) is 1. The van der Waals surface area contributed by atoms with Gasteiger partial charge in [0.05, 0.1) is 0 Å². The molecule has 3 rings (SSSR count). The third-order valence-electron chi connectivity index (χ3n) is 3.32. The maximum Gasteiger partial charge on any atom is 0.0499 e. The van der Waals surface area contributed by atoms with Crippen LogP contribution in [0.15, 0.2) is 54.6 Å².